The Balaban J connectivity index is 0.000000191. The number of nitrogens with one attached hydrogen (secondary N) is 4. The number of rotatable bonds is 30. The van der Waals surface area contributed by atoms with Gasteiger partial charge in [-0.2, -0.15) is 0 Å². The molecule has 0 aliphatic heterocycles. The molecule has 0 unspecified atom stereocenters. The van der Waals surface area contributed by atoms with E-state index in [1.165, 1.54) is 44.9 Å². The number of hydrogen-bond donors (Lipinski definition) is 8. The van der Waals surface area contributed by atoms with Crippen LogP contribution in [0.15, 0.2) is 352 Å². The molecule has 4 aliphatic carbocycles. The average molecular weight is 1970 g/mol. The van der Waals surface area contributed by atoms with Gasteiger partial charge in [0.05, 0.1) is 20.6 Å². The third-order valence-electron chi connectivity index (χ3n) is 26.5. The van der Waals surface area contributed by atoms with Crippen molar-refractivity contribution in [3.05, 3.63) is 430 Å². The lowest BCUT2D eigenvalue weighted by atomic mass is 9.80. The maximum atomic E-state index is 13.4. The van der Waals surface area contributed by atoms with Crippen LogP contribution in [0.4, 0.5) is 8.78 Å². The first-order valence-electron chi connectivity index (χ1n) is 48.9. The van der Waals surface area contributed by atoms with Crippen molar-refractivity contribution in [2.75, 3.05) is 14.2 Å². The Morgan fingerprint density at radius 1 is 0.317 bits per heavy atom. The predicted molar refractivity (Wildman–Crippen MR) is 559 cm³/mol. The minimum Gasteiger partial charge on any atom is -0.481 e. The Labute approximate surface area is 845 Å². The Morgan fingerprint density at radius 2 is 0.549 bits per heavy atom. The molecular weight excluding hydrogens is 1830 g/mol. The van der Waals surface area contributed by atoms with E-state index in [0.717, 1.165) is 150 Å². The molecule has 4 amide bonds. The summed E-state index contributed by atoms with van der Waals surface area (Å²) in [6, 6.07) is 112. The highest BCUT2D eigenvalue weighted by molar-refractivity contribution is 6.63. The molecule has 0 radical (unpaired) electrons. The summed E-state index contributed by atoms with van der Waals surface area (Å²) in [6.07, 6.45) is 18.1. The van der Waals surface area contributed by atoms with E-state index in [4.69, 9.17) is 32.9 Å². The van der Waals surface area contributed by atoms with Crippen molar-refractivity contribution >= 4 is 76.8 Å². The van der Waals surface area contributed by atoms with Crippen LogP contribution in [0, 0.1) is 11.6 Å². The molecule has 0 saturated heterocycles. The lowest BCUT2D eigenvalue weighted by Crippen LogP contribution is -2.59. The Hall–Kier alpha value is -13.6. The van der Waals surface area contributed by atoms with Crippen molar-refractivity contribution in [2.24, 2.45) is 11.5 Å². The Morgan fingerprint density at radius 3 is 0.803 bits per heavy atom. The summed E-state index contributed by atoms with van der Waals surface area (Å²) in [5, 5.41) is 30.4. The summed E-state index contributed by atoms with van der Waals surface area (Å²) in [4.78, 5) is 110. The Kier molecular flexibility index (Phi) is 46.7. The SMILES string of the molecule is COC(=O)C1(N)CCCCC1.COC(=O)C1(NC(=O)CC(c2ccccc2)c2ccccc2)CCCCC1.Cl.NCc1ccc(F)cc1.O=C(CC(c1ccccc1)c1ccccc1)NC1(C(=O)NCc2ccc(F)cc2)CCCCC1.O=C(CC(c1ccccc1)c1ccccc1)NC1(C(=O)O)CCCCC1.O=C(Cl)CC(c1ccccc1)c1ccccc1.O=C(O)CC(c1ccccc1)c1ccccc1. The number of carboxylic acids is 2. The van der Waals surface area contributed by atoms with Gasteiger partial charge in [0, 0.05) is 68.4 Å². The number of halogens is 4. The van der Waals surface area contributed by atoms with Crippen molar-refractivity contribution in [2.45, 2.75) is 225 Å². The highest BCUT2D eigenvalue weighted by atomic mass is 35.5. The molecule has 746 valence electrons. The molecule has 19 nitrogen and oxygen atoms in total. The van der Waals surface area contributed by atoms with Crippen molar-refractivity contribution < 1.29 is 71.6 Å². The molecule has 16 rings (SSSR count). The Bertz CT molecular complexity index is 5470. The quantitative estimate of drug-likeness (QED) is 0.0153. The van der Waals surface area contributed by atoms with Crippen LogP contribution >= 0.6 is 24.0 Å². The number of ether oxygens (including phenoxy) is 2. The van der Waals surface area contributed by atoms with Gasteiger partial charge in [0.15, 0.2) is 0 Å². The number of nitrogens with two attached hydrogens (primary N) is 2. The molecular formula is C119H134Cl2F2N6O13. The van der Waals surface area contributed by atoms with Gasteiger partial charge >= 0.3 is 23.9 Å². The normalized spacial score (nSPS) is 14.5. The molecule has 142 heavy (non-hydrogen) atoms. The van der Waals surface area contributed by atoms with Crippen LogP contribution in [-0.4, -0.2) is 99.3 Å². The molecule has 23 heteroatoms. The molecule has 0 atom stereocenters. The molecule has 4 saturated carbocycles. The van der Waals surface area contributed by atoms with E-state index in [0.29, 0.717) is 64.5 Å². The standard InChI is InChI=1S/C29H31FN2O2.C23H27NO3.C22H25NO3.C15H13ClO.C15H14O2.C8H15NO2.C7H8FN.ClH/c30-25-16-14-22(15-17-25)21-31-28(34)29(18-8-3-9-19-29)32-27(33)20-26(23-10-4-1-5-11-23)24-12-6-2-7-13-24;1-27-22(26)23(15-9-4-10-16-23)24-21(25)17-20(18-11-5-2-6-12-18)19-13-7-3-8-14-19;24-20(23-22(21(25)26)14-8-3-9-15-22)16-19(17-10-4-1-5-11-17)18-12-6-2-7-13-18;2*16-15(17)11-14(12-7-3-1-4-8-12)13-9-5-2-6-10-13;1-11-7(10)8(9)5-3-2-4-6-8;8-7-3-1-6(5-9)2-4-7;/h1-2,4-7,10-17,26H,3,8-9,18-21H2,(H,31,34)(H,32,33);2-3,5-8,11-14,20H,4,9-10,15-17H2,1H3,(H,24,25);1-2,4-7,10-13,19H,3,8-9,14-16H2,(H,23,24)(H,25,26);1-10,14H,11H2;1-10,14H,11H2,(H,16,17);2-6,9H2,1H3;1-4H,5,9H2;1H. The van der Waals surface area contributed by atoms with Gasteiger partial charge in [0.25, 0.3) is 0 Å². The summed E-state index contributed by atoms with van der Waals surface area (Å²) in [7, 11) is 2.78. The van der Waals surface area contributed by atoms with Gasteiger partial charge < -0.3 is 52.4 Å². The van der Waals surface area contributed by atoms with Crippen LogP contribution in [0.3, 0.4) is 0 Å². The monoisotopic (exact) mass is 1960 g/mol. The van der Waals surface area contributed by atoms with E-state index >= 15 is 0 Å². The second-order valence-corrected chi connectivity index (χ2v) is 36.8. The van der Waals surface area contributed by atoms with Crippen LogP contribution < -0.4 is 32.7 Å². The first-order valence-corrected chi connectivity index (χ1v) is 49.2. The molecule has 10 N–H and O–H groups in total. The third-order valence-corrected chi connectivity index (χ3v) is 26.6. The lowest BCUT2D eigenvalue weighted by Gasteiger charge is -2.37. The summed E-state index contributed by atoms with van der Waals surface area (Å²) in [5.41, 5.74) is 20.1. The summed E-state index contributed by atoms with van der Waals surface area (Å²) < 4.78 is 35.0. The van der Waals surface area contributed by atoms with Gasteiger partial charge in [-0.3, -0.25) is 33.6 Å². The molecule has 4 fully saturated rings. The number of methoxy groups -OCH3 is 2. The fourth-order valence-corrected chi connectivity index (χ4v) is 19.0. The molecule has 0 heterocycles. The molecule has 0 bridgehead atoms. The molecule has 12 aromatic carbocycles. The van der Waals surface area contributed by atoms with Crippen molar-refractivity contribution in [3.63, 3.8) is 0 Å². The minimum atomic E-state index is -1.10. The van der Waals surface area contributed by atoms with Gasteiger partial charge in [0.1, 0.15) is 33.8 Å². The number of carbonyl (C=O) groups is 9. The highest BCUT2D eigenvalue weighted by Crippen LogP contribution is 2.38. The van der Waals surface area contributed by atoms with Crippen molar-refractivity contribution in [3.8, 4) is 0 Å². The summed E-state index contributed by atoms with van der Waals surface area (Å²) in [5.74, 6) is -3.66. The first kappa shape index (κ1) is 112. The van der Waals surface area contributed by atoms with Crippen molar-refractivity contribution in [1.82, 2.24) is 21.3 Å². The lowest BCUT2D eigenvalue weighted by molar-refractivity contribution is -0.152. The fourth-order valence-electron chi connectivity index (χ4n) is 18.8. The zero-order chi connectivity index (χ0) is 101. The van der Waals surface area contributed by atoms with Crippen LogP contribution in [0.5, 0.6) is 0 Å². The summed E-state index contributed by atoms with van der Waals surface area (Å²) >= 11 is 5.53. The van der Waals surface area contributed by atoms with Crippen molar-refractivity contribution in [1.29, 1.82) is 0 Å². The number of benzene rings is 12. The number of esters is 2. The molecule has 4 aliphatic rings. The number of amides is 4. The third kappa shape index (κ3) is 35.6. The van der Waals surface area contributed by atoms with E-state index in [9.17, 15) is 57.0 Å². The fraction of sp³-hybridized carbons (Fsp3) is 0.319. The maximum absolute atomic E-state index is 13.4. The van der Waals surface area contributed by atoms with Crippen LogP contribution in [-0.2, 0) is 65.7 Å². The maximum Gasteiger partial charge on any atom is 0.331 e. The molecule has 12 aromatic rings. The van der Waals surface area contributed by atoms with E-state index in [1.54, 1.807) is 24.3 Å². The number of carbonyl (C=O) groups excluding carboxylic acids is 7. The van der Waals surface area contributed by atoms with Gasteiger partial charge in [0.2, 0.25) is 28.9 Å². The summed E-state index contributed by atoms with van der Waals surface area (Å²) in [6.45, 7) is 0.771. The van der Waals surface area contributed by atoms with Gasteiger partial charge in [-0.1, -0.05) is 405 Å². The minimum absolute atomic E-state index is 0. The van der Waals surface area contributed by atoms with E-state index in [2.05, 4.69) is 26.0 Å². The second-order valence-electron chi connectivity index (χ2n) is 36.4. The molecule has 0 aromatic heterocycles. The zero-order valence-electron chi connectivity index (χ0n) is 81.0. The largest absolute Gasteiger partial charge is 0.481 e. The molecule has 0 spiro atoms. The smallest absolute Gasteiger partial charge is 0.331 e. The second kappa shape index (κ2) is 59.2. The predicted octanol–water partition coefficient (Wildman–Crippen LogP) is 23.6. The van der Waals surface area contributed by atoms with Gasteiger partial charge in [-0.05, 0) is 154 Å². The van der Waals surface area contributed by atoms with Gasteiger partial charge in [-0.15, -0.1) is 12.4 Å². The van der Waals surface area contributed by atoms with Gasteiger partial charge in [-0.25, -0.2) is 18.4 Å². The van der Waals surface area contributed by atoms with Crippen LogP contribution in [0.2, 0.25) is 0 Å². The highest BCUT2D eigenvalue weighted by Gasteiger charge is 2.45. The van der Waals surface area contributed by atoms with Crippen LogP contribution in [0.1, 0.15) is 257 Å². The van der Waals surface area contributed by atoms with E-state index < -0.39 is 34.1 Å². The number of hydrogen-bond acceptors (Lipinski definition) is 13. The van der Waals surface area contributed by atoms with Crippen LogP contribution in [0.25, 0.3) is 0 Å². The zero-order valence-corrected chi connectivity index (χ0v) is 82.6. The topological polar surface area (TPSA) is 313 Å². The van der Waals surface area contributed by atoms with E-state index in [1.807, 2.05) is 303 Å². The average Bonchev–Trinajstić information content (AvgIpc) is 0.643. The first-order chi connectivity index (χ1) is 68.4. The number of aliphatic carboxylic acids is 2. The number of carboxylic acid groups (broad SMARTS) is 2. The van der Waals surface area contributed by atoms with E-state index in [-0.39, 0.29) is 114 Å².